The largest absolute Gasteiger partial charge is 1.00 e. The van der Waals surface area contributed by atoms with E-state index in [0.717, 1.165) is 29.7 Å². The van der Waals surface area contributed by atoms with Crippen molar-refractivity contribution in [1.29, 1.82) is 5.26 Å². The SMILES string of the molecule is COc1[c-]cc(-c2ccc(CC(C#N)NC(=O)C3CN(C)CCCO3)cc2)cc1.[CH-]=O.[CH3-].[K+]. The molecule has 8 heteroatoms. The minimum absolute atomic E-state index is 0. The zero-order valence-corrected chi connectivity index (χ0v) is 23.0. The van der Waals surface area contributed by atoms with E-state index < -0.39 is 12.1 Å². The first-order valence-corrected chi connectivity index (χ1v) is 9.98. The van der Waals surface area contributed by atoms with E-state index in [2.05, 4.69) is 29.1 Å². The molecule has 2 unspecified atom stereocenters. The van der Waals surface area contributed by atoms with E-state index in [0.29, 0.717) is 25.3 Å². The Hall–Kier alpha value is -1.57. The molecule has 3 rings (SSSR count). The van der Waals surface area contributed by atoms with Gasteiger partial charge in [-0.2, -0.15) is 17.4 Å². The van der Waals surface area contributed by atoms with E-state index >= 15 is 0 Å². The molecule has 0 aliphatic carbocycles. The molecular formula is C25H30KN3O4-2. The number of carbonyl (C=O) groups is 1. The van der Waals surface area contributed by atoms with E-state index in [1.807, 2.05) is 49.5 Å². The van der Waals surface area contributed by atoms with Crippen molar-refractivity contribution >= 4 is 12.7 Å². The van der Waals surface area contributed by atoms with Crippen LogP contribution in [0.15, 0.2) is 42.5 Å². The summed E-state index contributed by atoms with van der Waals surface area (Å²) in [7, 11) is 3.59. The van der Waals surface area contributed by atoms with Crippen LogP contribution < -0.4 is 61.4 Å². The molecule has 1 N–H and O–H groups in total. The van der Waals surface area contributed by atoms with Gasteiger partial charge in [0.15, 0.2) is 0 Å². The van der Waals surface area contributed by atoms with Crippen molar-refractivity contribution in [2.24, 2.45) is 0 Å². The molecule has 1 saturated heterocycles. The molecule has 0 spiro atoms. The van der Waals surface area contributed by atoms with E-state index in [1.54, 1.807) is 7.11 Å². The molecule has 33 heavy (non-hydrogen) atoms. The zero-order valence-electron chi connectivity index (χ0n) is 19.8. The van der Waals surface area contributed by atoms with Gasteiger partial charge in [-0.25, -0.2) is 0 Å². The predicted molar refractivity (Wildman–Crippen MR) is 124 cm³/mol. The van der Waals surface area contributed by atoms with Crippen molar-refractivity contribution in [3.8, 4) is 22.9 Å². The summed E-state index contributed by atoms with van der Waals surface area (Å²) >= 11 is 0. The standard InChI is InChI=1S/C23H26N3O3.CHO.CH3.K/c1-26-12-3-13-29-22(16-26)23(27)25-20(15-24)14-17-4-6-18(7-5-17)19-8-10-21(28-2)11-9-19;1-2;;/h4-10,20,22H,3,12-14,16H2,1-2H3,(H,25,27);1H;1H3;/q3*-1;+1. The van der Waals surface area contributed by atoms with Crippen molar-refractivity contribution in [3.63, 3.8) is 0 Å². The number of ether oxygens (including phenoxy) is 2. The Labute approximate surface area is 239 Å². The van der Waals surface area contributed by atoms with Gasteiger partial charge in [0.2, 0.25) is 0 Å². The van der Waals surface area contributed by atoms with Crippen LogP contribution >= 0.6 is 0 Å². The summed E-state index contributed by atoms with van der Waals surface area (Å²) in [5.41, 5.74) is 3.08. The van der Waals surface area contributed by atoms with E-state index in [1.165, 1.54) is 0 Å². The quantitative estimate of drug-likeness (QED) is 0.348. The fourth-order valence-electron chi connectivity index (χ4n) is 3.33. The van der Waals surface area contributed by atoms with Crippen LogP contribution in [0.3, 0.4) is 0 Å². The second-order valence-corrected chi connectivity index (χ2v) is 7.21. The monoisotopic (exact) mass is 475 g/mol. The van der Waals surface area contributed by atoms with Crippen molar-refractivity contribution in [1.82, 2.24) is 10.2 Å². The molecule has 1 amide bonds. The first-order valence-electron chi connectivity index (χ1n) is 9.98. The zero-order chi connectivity index (χ0) is 22.6. The van der Waals surface area contributed by atoms with Gasteiger partial charge in [-0.3, -0.25) is 11.6 Å². The van der Waals surface area contributed by atoms with Gasteiger partial charge in [0.1, 0.15) is 12.1 Å². The van der Waals surface area contributed by atoms with Gasteiger partial charge in [-0.1, -0.05) is 29.8 Å². The van der Waals surface area contributed by atoms with Crippen LogP contribution in [0.4, 0.5) is 0 Å². The molecule has 2 atom stereocenters. The summed E-state index contributed by atoms with van der Waals surface area (Å²) < 4.78 is 10.8. The van der Waals surface area contributed by atoms with Crippen LogP contribution in [0.2, 0.25) is 0 Å². The summed E-state index contributed by atoms with van der Waals surface area (Å²) in [5, 5.41) is 12.3. The third kappa shape index (κ3) is 10.1. The molecule has 2 aromatic rings. The smallest absolute Gasteiger partial charge is 0.545 e. The molecule has 2 aromatic carbocycles. The molecule has 0 bridgehead atoms. The van der Waals surface area contributed by atoms with Crippen LogP contribution in [0, 0.1) is 24.8 Å². The summed E-state index contributed by atoms with van der Waals surface area (Å²) in [5.74, 6) is 0.470. The maximum atomic E-state index is 12.5. The number of amides is 1. The normalized spacial score (nSPS) is 16.2. The summed E-state index contributed by atoms with van der Waals surface area (Å²) in [4.78, 5) is 22.3. The topological polar surface area (TPSA) is 91.7 Å². The average molecular weight is 476 g/mol. The number of nitrogens with one attached hydrogen (secondary N) is 1. The molecule has 1 fully saturated rings. The number of likely N-dealkylation sites (N-methyl/N-ethyl adjacent to an activating group) is 1. The fourth-order valence-corrected chi connectivity index (χ4v) is 3.33. The second-order valence-electron chi connectivity index (χ2n) is 7.21. The summed E-state index contributed by atoms with van der Waals surface area (Å²) in [6.45, 7) is 5.26. The first-order chi connectivity index (χ1) is 15.1. The van der Waals surface area contributed by atoms with Gasteiger partial charge in [0.05, 0.1) is 13.2 Å². The molecule has 0 aromatic heterocycles. The van der Waals surface area contributed by atoms with E-state index in [9.17, 15) is 10.1 Å². The molecule has 7 nitrogen and oxygen atoms in total. The fraction of sp³-hybridized carbons (Fsp3) is 0.360. The summed E-state index contributed by atoms with van der Waals surface area (Å²) in [6.07, 6.45) is 0.812. The maximum absolute atomic E-state index is 12.5. The number of methoxy groups -OCH3 is 1. The van der Waals surface area contributed by atoms with Gasteiger partial charge < -0.3 is 31.9 Å². The Bertz CT molecular complexity index is 869. The molecule has 172 valence electrons. The Morgan fingerprint density at radius 3 is 2.55 bits per heavy atom. The first kappa shape index (κ1) is 31.4. The molecule has 1 heterocycles. The predicted octanol–water partition coefficient (Wildman–Crippen LogP) is -0.386. The Kier molecular flexibility index (Phi) is 16.1. The van der Waals surface area contributed by atoms with Crippen LogP contribution in [0.1, 0.15) is 12.0 Å². The van der Waals surface area contributed by atoms with Crippen molar-refractivity contribution in [3.05, 3.63) is 61.5 Å². The minimum Gasteiger partial charge on any atom is -0.545 e. The number of benzene rings is 2. The average Bonchev–Trinajstić information content (AvgIpc) is 3.05. The third-order valence-electron chi connectivity index (χ3n) is 4.98. The van der Waals surface area contributed by atoms with E-state index in [4.69, 9.17) is 14.3 Å². The van der Waals surface area contributed by atoms with Crippen molar-refractivity contribution in [2.45, 2.75) is 25.0 Å². The van der Waals surface area contributed by atoms with Gasteiger partial charge in [0, 0.05) is 31.9 Å². The molecule has 1 aliphatic heterocycles. The van der Waals surface area contributed by atoms with Crippen LogP contribution in [0.25, 0.3) is 11.1 Å². The molecule has 1 aliphatic rings. The van der Waals surface area contributed by atoms with E-state index in [-0.39, 0.29) is 64.7 Å². The summed E-state index contributed by atoms with van der Waals surface area (Å²) in [6, 6.07) is 18.4. The van der Waals surface area contributed by atoms with Crippen LogP contribution in [0.5, 0.6) is 5.75 Å². The van der Waals surface area contributed by atoms with Crippen molar-refractivity contribution in [2.75, 3.05) is 33.9 Å². The number of hydrogen-bond donors (Lipinski definition) is 1. The maximum Gasteiger partial charge on any atom is 1.00 e. The number of nitriles is 1. The number of hydrogen-bond acceptors (Lipinski definition) is 6. The number of rotatable bonds is 6. The van der Waals surface area contributed by atoms with Gasteiger partial charge in [-0.15, -0.1) is 17.7 Å². The van der Waals surface area contributed by atoms with Gasteiger partial charge in [-0.05, 0) is 19.0 Å². The Morgan fingerprint density at radius 2 is 1.97 bits per heavy atom. The molecule has 0 saturated carbocycles. The van der Waals surface area contributed by atoms with Gasteiger partial charge >= 0.3 is 51.4 Å². The Morgan fingerprint density at radius 1 is 1.30 bits per heavy atom. The van der Waals surface area contributed by atoms with Crippen LogP contribution in [-0.2, 0) is 20.7 Å². The molecule has 0 radical (unpaired) electrons. The third-order valence-corrected chi connectivity index (χ3v) is 4.98. The van der Waals surface area contributed by atoms with Crippen LogP contribution in [-0.4, -0.2) is 63.6 Å². The Balaban J connectivity index is 0.00000249. The molecular weight excluding hydrogens is 445 g/mol. The minimum atomic E-state index is -0.597. The second kappa shape index (κ2) is 16.9. The number of nitrogens with zero attached hydrogens (tertiary/aromatic N) is 2. The number of carbonyl (C=O) groups excluding carboxylic acids is 2. The van der Waals surface area contributed by atoms with Gasteiger partial charge in [0.25, 0.3) is 5.91 Å². The van der Waals surface area contributed by atoms with Crippen molar-refractivity contribution < 1.29 is 70.4 Å².